The first-order valence-electron chi connectivity index (χ1n) is 14.6. The van der Waals surface area contributed by atoms with E-state index in [-0.39, 0.29) is 11.8 Å². The summed E-state index contributed by atoms with van der Waals surface area (Å²) in [4.78, 5) is 40.8. The lowest BCUT2D eigenvalue weighted by atomic mass is 10.0. The second-order valence-electron chi connectivity index (χ2n) is 11.1. The van der Waals surface area contributed by atoms with Gasteiger partial charge in [-0.1, -0.05) is 24.6 Å². The second kappa shape index (κ2) is 13.7. The number of likely N-dealkylation sites (tertiary alicyclic amines) is 1. The van der Waals surface area contributed by atoms with E-state index in [1.54, 1.807) is 17.0 Å². The van der Waals surface area contributed by atoms with Gasteiger partial charge in [0.15, 0.2) is 0 Å². The smallest absolute Gasteiger partial charge is 0.391 e. The molecule has 2 aliphatic rings. The third kappa shape index (κ3) is 8.11. The Hall–Kier alpha value is -3.82. The van der Waals surface area contributed by atoms with Gasteiger partial charge in [-0.2, -0.15) is 0 Å². The summed E-state index contributed by atoms with van der Waals surface area (Å²) in [7, 11) is 0. The van der Waals surface area contributed by atoms with Crippen LogP contribution >= 0.6 is 0 Å². The quantitative estimate of drug-likeness (QED) is 0.427. The predicted octanol–water partition coefficient (Wildman–Crippen LogP) is 4.77. The van der Waals surface area contributed by atoms with E-state index in [1.807, 2.05) is 43.3 Å². The average Bonchev–Trinajstić information content (AvgIpc) is 2.99. The van der Waals surface area contributed by atoms with E-state index < -0.39 is 6.09 Å². The molecule has 1 N–H and O–H groups in total. The minimum atomic E-state index is -0.409. The minimum absolute atomic E-state index is 0.203. The number of carbonyl (C=O) groups excluding carboxylic acids is 2. The lowest BCUT2D eigenvalue weighted by Crippen LogP contribution is -2.50. The molecule has 3 aromatic rings. The number of hydrogen-bond acceptors (Lipinski definition) is 7. The molecule has 5 rings (SSSR count). The highest BCUT2D eigenvalue weighted by Crippen LogP contribution is 2.20. The second-order valence-corrected chi connectivity index (χ2v) is 11.1. The molecule has 2 aliphatic heterocycles. The summed E-state index contributed by atoms with van der Waals surface area (Å²) in [5, 5.41) is 2.87. The Labute approximate surface area is 242 Å². The van der Waals surface area contributed by atoms with E-state index in [1.165, 1.54) is 31.0 Å². The largest absolute Gasteiger partial charge is 0.416 e. The molecular weight excluding hydrogens is 516 g/mol. The van der Waals surface area contributed by atoms with Crippen LogP contribution in [0.2, 0.25) is 0 Å². The minimum Gasteiger partial charge on any atom is -0.391 e. The molecule has 2 fully saturated rings. The zero-order valence-electron chi connectivity index (χ0n) is 24.1. The normalized spacial score (nSPS) is 18.2. The Morgan fingerprint density at radius 2 is 1.78 bits per heavy atom. The number of amides is 2. The van der Waals surface area contributed by atoms with Crippen LogP contribution < -0.4 is 10.1 Å². The number of nitrogens with one attached hydrogen (secondary N) is 1. The molecule has 4 heterocycles. The van der Waals surface area contributed by atoms with Gasteiger partial charge < -0.3 is 15.0 Å². The van der Waals surface area contributed by atoms with Gasteiger partial charge in [-0.05, 0) is 69.1 Å². The van der Waals surface area contributed by atoms with Crippen molar-refractivity contribution >= 4 is 17.7 Å². The van der Waals surface area contributed by atoms with Crippen molar-refractivity contribution in [2.45, 2.75) is 52.1 Å². The molecule has 2 amide bonds. The molecule has 9 heteroatoms. The molecule has 216 valence electrons. The highest BCUT2D eigenvalue weighted by atomic mass is 16.6. The van der Waals surface area contributed by atoms with E-state index in [2.05, 4.69) is 38.1 Å². The number of aromatic nitrogens is 2. The topological polar surface area (TPSA) is 90.9 Å². The number of ether oxygens (including phenoxy) is 1. The molecule has 1 unspecified atom stereocenters. The molecule has 1 atom stereocenters. The monoisotopic (exact) mass is 556 g/mol. The van der Waals surface area contributed by atoms with E-state index in [4.69, 9.17) is 4.74 Å². The fraction of sp³-hybridized carbons (Fsp3) is 0.438. The molecule has 1 aromatic carbocycles. The molecular formula is C32H40N6O3. The number of benzene rings is 1. The Balaban J connectivity index is 1.04. The van der Waals surface area contributed by atoms with Gasteiger partial charge in [-0.3, -0.25) is 19.6 Å². The van der Waals surface area contributed by atoms with Gasteiger partial charge in [0.2, 0.25) is 5.88 Å². The number of rotatable bonds is 8. The Kier molecular flexibility index (Phi) is 9.59. The fourth-order valence-corrected chi connectivity index (χ4v) is 5.43. The van der Waals surface area contributed by atoms with Crippen molar-refractivity contribution in [3.05, 3.63) is 83.3 Å². The zero-order valence-corrected chi connectivity index (χ0v) is 24.1. The van der Waals surface area contributed by atoms with Crippen LogP contribution in [-0.2, 0) is 13.0 Å². The Morgan fingerprint density at radius 3 is 2.49 bits per heavy atom. The fourth-order valence-electron chi connectivity index (χ4n) is 5.43. The number of hydrogen-bond donors (Lipinski definition) is 1. The zero-order chi connectivity index (χ0) is 28.6. The first-order valence-corrected chi connectivity index (χ1v) is 14.6. The van der Waals surface area contributed by atoms with Crippen molar-refractivity contribution in [2.75, 3.05) is 44.6 Å². The molecule has 2 aromatic heterocycles. The number of aryl methyl sites for hydroxylation is 1. The predicted molar refractivity (Wildman–Crippen MR) is 159 cm³/mol. The van der Waals surface area contributed by atoms with Crippen LogP contribution in [0, 0.1) is 6.92 Å². The third-order valence-corrected chi connectivity index (χ3v) is 7.99. The summed E-state index contributed by atoms with van der Waals surface area (Å²) in [5.41, 5.74) is 4.46. The molecule has 0 aliphatic carbocycles. The average molecular weight is 557 g/mol. The van der Waals surface area contributed by atoms with Gasteiger partial charge >= 0.3 is 6.09 Å². The summed E-state index contributed by atoms with van der Waals surface area (Å²) in [6.45, 7) is 10.0. The van der Waals surface area contributed by atoms with Crippen LogP contribution in [0.5, 0.6) is 5.88 Å². The van der Waals surface area contributed by atoms with Crippen molar-refractivity contribution in [2.24, 2.45) is 0 Å². The molecule has 0 saturated carbocycles. The number of pyridine rings is 2. The van der Waals surface area contributed by atoms with Crippen LogP contribution in [0.3, 0.4) is 0 Å². The third-order valence-electron chi connectivity index (χ3n) is 7.99. The maximum atomic E-state index is 12.8. The first-order chi connectivity index (χ1) is 19.9. The Bertz CT molecular complexity index is 1310. The molecule has 41 heavy (non-hydrogen) atoms. The number of piperazine rings is 1. The first kappa shape index (κ1) is 28.7. The SMILES string of the molecule is Cc1cccc(CCN2CCN(C(=O)Oc3ccc(NC(=O)c4ccc(CN5CCCCC5C)cc4)cn3)CC2)n1. The van der Waals surface area contributed by atoms with Gasteiger partial charge in [-0.15, -0.1) is 0 Å². The maximum Gasteiger partial charge on any atom is 0.416 e. The summed E-state index contributed by atoms with van der Waals surface area (Å²) in [6.07, 6.45) is 5.79. The molecule has 0 radical (unpaired) electrons. The van der Waals surface area contributed by atoms with Gasteiger partial charge in [0.05, 0.1) is 11.9 Å². The lowest BCUT2D eigenvalue weighted by molar-refractivity contribution is 0.102. The highest BCUT2D eigenvalue weighted by Gasteiger charge is 2.23. The molecule has 9 nitrogen and oxygen atoms in total. The molecule has 0 spiro atoms. The summed E-state index contributed by atoms with van der Waals surface area (Å²) < 4.78 is 5.49. The van der Waals surface area contributed by atoms with Crippen LogP contribution in [0.15, 0.2) is 60.8 Å². The van der Waals surface area contributed by atoms with Gasteiger partial charge in [-0.25, -0.2) is 9.78 Å². The van der Waals surface area contributed by atoms with Crippen LogP contribution in [0.4, 0.5) is 10.5 Å². The summed E-state index contributed by atoms with van der Waals surface area (Å²) >= 11 is 0. The van der Waals surface area contributed by atoms with Crippen LogP contribution in [0.1, 0.15) is 53.5 Å². The number of carbonyl (C=O) groups is 2. The van der Waals surface area contributed by atoms with Crippen molar-refractivity contribution in [3.63, 3.8) is 0 Å². The van der Waals surface area contributed by atoms with Crippen molar-refractivity contribution in [1.29, 1.82) is 0 Å². The van der Waals surface area contributed by atoms with E-state index in [0.29, 0.717) is 30.4 Å². The van der Waals surface area contributed by atoms with Crippen LogP contribution in [0.25, 0.3) is 0 Å². The molecule has 2 saturated heterocycles. The van der Waals surface area contributed by atoms with Crippen molar-refractivity contribution < 1.29 is 14.3 Å². The number of nitrogens with zero attached hydrogens (tertiary/aromatic N) is 5. The van der Waals surface area contributed by atoms with Crippen molar-refractivity contribution in [3.8, 4) is 5.88 Å². The maximum absolute atomic E-state index is 12.8. The lowest BCUT2D eigenvalue weighted by Gasteiger charge is -2.33. The van der Waals surface area contributed by atoms with Gasteiger partial charge in [0.1, 0.15) is 0 Å². The van der Waals surface area contributed by atoms with E-state index in [0.717, 1.165) is 50.5 Å². The molecule has 0 bridgehead atoms. The van der Waals surface area contributed by atoms with Gasteiger partial charge in [0, 0.05) is 74.7 Å². The Morgan fingerprint density at radius 1 is 0.976 bits per heavy atom. The van der Waals surface area contributed by atoms with Crippen LogP contribution in [-0.4, -0.2) is 82.0 Å². The van der Waals surface area contributed by atoms with E-state index >= 15 is 0 Å². The van der Waals surface area contributed by atoms with Crippen molar-refractivity contribution in [1.82, 2.24) is 24.7 Å². The number of anilines is 1. The van der Waals surface area contributed by atoms with E-state index in [9.17, 15) is 9.59 Å². The summed E-state index contributed by atoms with van der Waals surface area (Å²) in [5.74, 6) is 0.00253. The number of piperidine rings is 1. The highest BCUT2D eigenvalue weighted by molar-refractivity contribution is 6.04. The van der Waals surface area contributed by atoms with Gasteiger partial charge in [0.25, 0.3) is 5.91 Å². The standard InChI is InChI=1S/C32H40N6O3/c1-24-6-5-8-28(34-24)15-17-36-18-20-37(21-19-36)32(40)41-30-14-13-29(22-33-30)35-31(39)27-11-9-26(10-12-27)23-38-16-4-3-7-25(38)2/h5-6,8-14,22,25H,3-4,7,15-21,23H2,1-2H3,(H,35,39). The summed E-state index contributed by atoms with van der Waals surface area (Å²) in [6, 6.07) is 17.8.